The number of hydrogen-bond acceptors (Lipinski definition) is 9. The summed E-state index contributed by atoms with van der Waals surface area (Å²) in [6.07, 6.45) is 0.789. The Balaban J connectivity index is 1.57. The zero-order valence-electron chi connectivity index (χ0n) is 19.7. The summed E-state index contributed by atoms with van der Waals surface area (Å²) < 4.78 is 16.1. The van der Waals surface area contributed by atoms with E-state index in [4.69, 9.17) is 19.2 Å². The molecule has 0 aliphatic carbocycles. The van der Waals surface area contributed by atoms with Crippen LogP contribution >= 0.6 is 11.8 Å². The number of hydrogen-bond donors (Lipinski definition) is 1. The highest BCUT2D eigenvalue weighted by molar-refractivity contribution is 8.00. The quantitative estimate of drug-likeness (QED) is 0.596. The van der Waals surface area contributed by atoms with Crippen LogP contribution in [-0.4, -0.2) is 75.7 Å². The van der Waals surface area contributed by atoms with Crippen LogP contribution in [0.25, 0.3) is 0 Å². The molecule has 1 aromatic heterocycles. The largest absolute Gasteiger partial charge is 0.497 e. The van der Waals surface area contributed by atoms with Crippen molar-refractivity contribution in [1.82, 2.24) is 9.88 Å². The predicted octanol–water partition coefficient (Wildman–Crippen LogP) is 2.53. The summed E-state index contributed by atoms with van der Waals surface area (Å²) in [6.45, 7) is 4.47. The molecule has 0 unspecified atom stereocenters. The molecule has 1 fully saturated rings. The number of carbonyl (C=O) groups excluding carboxylic acids is 1. The highest BCUT2D eigenvalue weighted by Crippen LogP contribution is 2.35. The number of methoxy groups -OCH3 is 2. The summed E-state index contributed by atoms with van der Waals surface area (Å²) in [6, 6.07) is 7.58. The number of pyridine rings is 1. The van der Waals surface area contributed by atoms with Crippen LogP contribution in [0.5, 0.6) is 11.5 Å². The van der Waals surface area contributed by atoms with Gasteiger partial charge in [0.15, 0.2) is 0 Å². The molecule has 0 radical (unpaired) electrons. The monoisotopic (exact) mass is 483 g/mol. The third-order valence-electron chi connectivity index (χ3n) is 5.97. The van der Waals surface area contributed by atoms with Gasteiger partial charge in [0.2, 0.25) is 5.91 Å². The Morgan fingerprint density at radius 1 is 1.24 bits per heavy atom. The van der Waals surface area contributed by atoms with Crippen molar-refractivity contribution in [3.8, 4) is 17.6 Å². The van der Waals surface area contributed by atoms with E-state index in [2.05, 4.69) is 28.2 Å². The number of nitriles is 1. The molecule has 1 aromatic carbocycles. The van der Waals surface area contributed by atoms with Crippen LogP contribution in [0.15, 0.2) is 23.2 Å². The third-order valence-corrected chi connectivity index (χ3v) is 6.95. The van der Waals surface area contributed by atoms with Crippen LogP contribution in [0.1, 0.15) is 16.7 Å². The fourth-order valence-corrected chi connectivity index (χ4v) is 5.01. The molecule has 2 aliphatic rings. The van der Waals surface area contributed by atoms with Crippen LogP contribution in [0, 0.1) is 11.3 Å². The standard InChI is InChI=1S/C24H29N5O4S/c1-28-7-6-17-18(13-25)24(27-23(19(17)14-28)29-8-10-33-11-9-29)34-15-22(30)26-20-5-4-16(31-2)12-21(20)32-3/h4-5,12H,6-11,14-15H2,1-3H3,(H,26,30). The molecule has 1 N–H and O–H groups in total. The molecule has 180 valence electrons. The van der Waals surface area contributed by atoms with Crippen molar-refractivity contribution in [2.24, 2.45) is 0 Å². The van der Waals surface area contributed by atoms with Gasteiger partial charge in [-0.05, 0) is 31.2 Å². The number of carbonyl (C=O) groups is 1. The van der Waals surface area contributed by atoms with Gasteiger partial charge < -0.3 is 29.3 Å². The molecule has 9 nitrogen and oxygen atoms in total. The second-order valence-corrected chi connectivity index (χ2v) is 9.14. The Morgan fingerprint density at radius 3 is 2.74 bits per heavy atom. The summed E-state index contributed by atoms with van der Waals surface area (Å²) >= 11 is 1.29. The number of fused-ring (bicyclic) bond motifs is 1. The maximum atomic E-state index is 12.8. The molecule has 4 rings (SSSR count). The highest BCUT2D eigenvalue weighted by atomic mass is 32.2. The number of nitrogens with one attached hydrogen (secondary N) is 1. The SMILES string of the molecule is COc1ccc(NC(=O)CSc2nc(N3CCOCC3)c3c(c2C#N)CCN(C)C3)c(OC)c1. The zero-order chi connectivity index (χ0) is 24.1. The second-order valence-electron chi connectivity index (χ2n) is 8.17. The Morgan fingerprint density at radius 2 is 2.03 bits per heavy atom. The maximum Gasteiger partial charge on any atom is 0.234 e. The van der Waals surface area contributed by atoms with E-state index in [0.717, 1.165) is 49.5 Å². The number of ether oxygens (including phenoxy) is 3. The predicted molar refractivity (Wildman–Crippen MR) is 131 cm³/mol. The molecule has 0 saturated carbocycles. The molecular formula is C24H29N5O4S. The lowest BCUT2D eigenvalue weighted by Crippen LogP contribution is -2.39. The van der Waals surface area contributed by atoms with E-state index in [1.54, 1.807) is 32.4 Å². The summed E-state index contributed by atoms with van der Waals surface area (Å²) in [4.78, 5) is 22.2. The second kappa shape index (κ2) is 11.0. The van der Waals surface area contributed by atoms with E-state index in [9.17, 15) is 10.1 Å². The lowest BCUT2D eigenvalue weighted by Gasteiger charge is -2.34. The Bertz CT molecular complexity index is 1100. The van der Waals surface area contributed by atoms with Crippen LogP contribution in [0.2, 0.25) is 0 Å². The van der Waals surface area contributed by atoms with Gasteiger partial charge in [0, 0.05) is 37.8 Å². The van der Waals surface area contributed by atoms with Crippen molar-refractivity contribution >= 4 is 29.2 Å². The Hall–Kier alpha value is -3.00. The van der Waals surface area contributed by atoms with E-state index >= 15 is 0 Å². The molecular weight excluding hydrogens is 454 g/mol. The number of thioether (sulfide) groups is 1. The number of aromatic nitrogens is 1. The van der Waals surface area contributed by atoms with Gasteiger partial charge in [0.1, 0.15) is 28.4 Å². The molecule has 1 saturated heterocycles. The molecule has 34 heavy (non-hydrogen) atoms. The highest BCUT2D eigenvalue weighted by Gasteiger charge is 2.28. The van der Waals surface area contributed by atoms with E-state index in [-0.39, 0.29) is 11.7 Å². The molecule has 10 heteroatoms. The normalized spacial score (nSPS) is 15.9. The molecule has 2 aromatic rings. The first kappa shape index (κ1) is 24.1. The van der Waals surface area contributed by atoms with Crippen molar-refractivity contribution < 1.29 is 19.0 Å². The summed E-state index contributed by atoms with van der Waals surface area (Å²) in [5.41, 5.74) is 3.31. The molecule has 3 heterocycles. The van der Waals surface area contributed by atoms with Crippen molar-refractivity contribution in [1.29, 1.82) is 5.26 Å². The maximum absolute atomic E-state index is 12.8. The number of morpholine rings is 1. The number of anilines is 2. The van der Waals surface area contributed by atoms with Crippen molar-refractivity contribution in [3.63, 3.8) is 0 Å². The van der Waals surface area contributed by atoms with Crippen LogP contribution in [0.4, 0.5) is 11.5 Å². The zero-order valence-corrected chi connectivity index (χ0v) is 20.5. The molecule has 1 amide bonds. The van der Waals surface area contributed by atoms with Gasteiger partial charge in [0.25, 0.3) is 0 Å². The number of benzene rings is 1. The van der Waals surface area contributed by atoms with Crippen LogP contribution in [0.3, 0.4) is 0 Å². The number of nitrogens with zero attached hydrogens (tertiary/aromatic N) is 4. The summed E-state index contributed by atoms with van der Waals surface area (Å²) in [5.74, 6) is 1.98. The summed E-state index contributed by atoms with van der Waals surface area (Å²) in [7, 11) is 5.20. The van der Waals surface area contributed by atoms with Gasteiger partial charge in [-0.25, -0.2) is 4.98 Å². The minimum absolute atomic E-state index is 0.123. The first-order valence-corrected chi connectivity index (χ1v) is 12.1. The minimum Gasteiger partial charge on any atom is -0.497 e. The van der Waals surface area contributed by atoms with Crippen LogP contribution < -0.4 is 19.7 Å². The minimum atomic E-state index is -0.204. The summed E-state index contributed by atoms with van der Waals surface area (Å²) in [5, 5.41) is 13.5. The van der Waals surface area contributed by atoms with E-state index in [0.29, 0.717) is 41.0 Å². The smallest absolute Gasteiger partial charge is 0.234 e. The lowest BCUT2D eigenvalue weighted by molar-refractivity contribution is -0.113. The average molecular weight is 484 g/mol. The Labute approximate surface area is 204 Å². The lowest BCUT2D eigenvalue weighted by atomic mass is 9.96. The Kier molecular flexibility index (Phi) is 7.77. The molecule has 0 atom stereocenters. The van der Waals surface area contributed by atoms with Gasteiger partial charge in [-0.1, -0.05) is 11.8 Å². The van der Waals surface area contributed by atoms with Gasteiger partial charge in [-0.15, -0.1) is 0 Å². The average Bonchev–Trinajstić information content (AvgIpc) is 2.87. The molecule has 0 bridgehead atoms. The fourth-order valence-electron chi connectivity index (χ4n) is 4.21. The van der Waals surface area contributed by atoms with Crippen molar-refractivity contribution in [3.05, 3.63) is 34.9 Å². The topological polar surface area (TPSA) is 99.9 Å². The van der Waals surface area contributed by atoms with Gasteiger partial charge in [0.05, 0.1) is 44.4 Å². The van der Waals surface area contributed by atoms with Crippen molar-refractivity contribution in [2.45, 2.75) is 18.0 Å². The van der Waals surface area contributed by atoms with E-state index < -0.39 is 0 Å². The molecule has 0 spiro atoms. The number of likely N-dealkylation sites (N-methyl/N-ethyl adjacent to an activating group) is 1. The number of amides is 1. The number of rotatable bonds is 7. The van der Waals surface area contributed by atoms with Crippen molar-refractivity contribution in [2.75, 3.05) is 70.1 Å². The first-order chi connectivity index (χ1) is 16.5. The van der Waals surface area contributed by atoms with E-state index in [1.165, 1.54) is 11.8 Å². The third kappa shape index (κ3) is 5.22. The van der Waals surface area contributed by atoms with Gasteiger partial charge in [-0.2, -0.15) is 5.26 Å². The first-order valence-electron chi connectivity index (χ1n) is 11.2. The fraction of sp³-hybridized carbons (Fsp3) is 0.458. The van der Waals surface area contributed by atoms with Gasteiger partial charge in [-0.3, -0.25) is 4.79 Å². The van der Waals surface area contributed by atoms with E-state index in [1.807, 2.05) is 0 Å². The van der Waals surface area contributed by atoms with Gasteiger partial charge >= 0.3 is 0 Å². The van der Waals surface area contributed by atoms with Crippen LogP contribution in [-0.2, 0) is 22.5 Å². The molecule has 2 aliphatic heterocycles.